The van der Waals surface area contributed by atoms with Crippen molar-refractivity contribution in [1.29, 1.82) is 0 Å². The predicted molar refractivity (Wildman–Crippen MR) is 98.0 cm³/mol. The van der Waals surface area contributed by atoms with Crippen LogP contribution < -0.4 is 10.1 Å². The number of imidazole rings is 1. The predicted octanol–water partition coefficient (Wildman–Crippen LogP) is 5.15. The van der Waals surface area contributed by atoms with Gasteiger partial charge in [0.1, 0.15) is 5.75 Å². The summed E-state index contributed by atoms with van der Waals surface area (Å²) < 4.78 is 57.1. The summed E-state index contributed by atoms with van der Waals surface area (Å²) in [4.78, 5) is 16.6. The molecule has 3 rings (SSSR count). The van der Waals surface area contributed by atoms with Crippen LogP contribution in [0.1, 0.15) is 13.5 Å². The number of hydrogen-bond acceptors (Lipinski definition) is 4. The molecule has 2 aromatic carbocycles. The number of nitrogens with one attached hydrogen (secondary N) is 1. The van der Waals surface area contributed by atoms with Gasteiger partial charge in [-0.25, -0.2) is 4.98 Å². The minimum atomic E-state index is -3.05. The highest BCUT2D eigenvalue weighted by Crippen LogP contribution is 2.32. The SMILES string of the molecule is CC(Sc1nc2ccccc2n1C(F)F)C(=O)Nc1ccccc1OC(F)F. The Morgan fingerprint density at radius 2 is 1.79 bits per heavy atom. The first-order valence-corrected chi connectivity index (χ1v) is 9.01. The Kier molecular flexibility index (Phi) is 6.08. The van der Waals surface area contributed by atoms with Crippen LogP contribution in [0.4, 0.5) is 23.2 Å². The second kappa shape index (κ2) is 8.51. The number of para-hydroxylation sites is 4. The number of alkyl halides is 4. The van der Waals surface area contributed by atoms with Crippen LogP contribution in [0.25, 0.3) is 11.0 Å². The van der Waals surface area contributed by atoms with Crippen LogP contribution >= 0.6 is 11.8 Å². The summed E-state index contributed by atoms with van der Waals surface area (Å²) in [7, 11) is 0. The summed E-state index contributed by atoms with van der Waals surface area (Å²) in [6.45, 7) is -4.37. The number of benzene rings is 2. The minimum Gasteiger partial charge on any atom is -0.433 e. The lowest BCUT2D eigenvalue weighted by Gasteiger charge is -2.15. The standard InChI is InChI=1S/C18H15F4N3O2S/c1-10(15(26)23-12-7-3-5-9-14(12)27-17(21)22)28-18-24-11-6-2-4-8-13(11)25(18)16(19)20/h2-10,16-17H,1H3,(H,23,26). The maximum Gasteiger partial charge on any atom is 0.387 e. The molecule has 28 heavy (non-hydrogen) atoms. The smallest absolute Gasteiger partial charge is 0.387 e. The molecule has 0 aliphatic rings. The van der Waals surface area contributed by atoms with Gasteiger partial charge in [-0.05, 0) is 31.2 Å². The maximum atomic E-state index is 13.5. The van der Waals surface area contributed by atoms with Gasteiger partial charge < -0.3 is 10.1 Å². The quantitative estimate of drug-likeness (QED) is 0.430. The van der Waals surface area contributed by atoms with Crippen LogP contribution in [0.2, 0.25) is 0 Å². The topological polar surface area (TPSA) is 56.2 Å². The lowest BCUT2D eigenvalue weighted by Crippen LogP contribution is -2.23. The van der Waals surface area contributed by atoms with Gasteiger partial charge in [0.25, 0.3) is 0 Å². The fourth-order valence-corrected chi connectivity index (χ4v) is 3.43. The normalized spacial score (nSPS) is 12.5. The second-order valence-electron chi connectivity index (χ2n) is 5.65. The van der Waals surface area contributed by atoms with Crippen LogP contribution in [0, 0.1) is 0 Å². The van der Waals surface area contributed by atoms with Gasteiger partial charge in [0.05, 0.1) is 22.0 Å². The Morgan fingerprint density at radius 1 is 1.11 bits per heavy atom. The van der Waals surface area contributed by atoms with Gasteiger partial charge in [0.2, 0.25) is 5.91 Å². The second-order valence-corrected chi connectivity index (χ2v) is 6.96. The van der Waals surface area contributed by atoms with Crippen molar-refractivity contribution in [3.63, 3.8) is 0 Å². The Morgan fingerprint density at radius 3 is 2.50 bits per heavy atom. The number of anilines is 1. The molecule has 1 atom stereocenters. The Bertz CT molecular complexity index is 980. The minimum absolute atomic E-state index is 0.0176. The van der Waals surface area contributed by atoms with E-state index in [1.165, 1.54) is 31.2 Å². The van der Waals surface area contributed by atoms with Gasteiger partial charge in [-0.1, -0.05) is 36.0 Å². The zero-order valence-electron chi connectivity index (χ0n) is 14.5. The fraction of sp³-hybridized carbons (Fsp3) is 0.222. The van der Waals surface area contributed by atoms with Crippen molar-refractivity contribution >= 4 is 34.4 Å². The zero-order valence-corrected chi connectivity index (χ0v) is 15.3. The van der Waals surface area contributed by atoms with Crippen molar-refractivity contribution < 1.29 is 27.1 Å². The van der Waals surface area contributed by atoms with Crippen LogP contribution in [0.15, 0.2) is 53.7 Å². The van der Waals surface area contributed by atoms with Crippen molar-refractivity contribution in [3.8, 4) is 5.75 Å². The number of halogens is 4. The van der Waals surface area contributed by atoms with E-state index in [1.54, 1.807) is 24.3 Å². The number of fused-ring (bicyclic) bond motifs is 1. The molecule has 1 amide bonds. The van der Waals surface area contributed by atoms with Crippen molar-refractivity contribution in [2.24, 2.45) is 0 Å². The average Bonchev–Trinajstić information content (AvgIpc) is 3.00. The van der Waals surface area contributed by atoms with E-state index >= 15 is 0 Å². The molecule has 5 nitrogen and oxygen atoms in total. The molecule has 1 aromatic heterocycles. The van der Waals surface area contributed by atoms with Crippen molar-refractivity contribution in [2.75, 3.05) is 5.32 Å². The molecular weight excluding hydrogens is 398 g/mol. The largest absolute Gasteiger partial charge is 0.433 e. The average molecular weight is 413 g/mol. The first-order chi connectivity index (χ1) is 13.4. The third-order valence-corrected chi connectivity index (χ3v) is 4.84. The van der Waals surface area contributed by atoms with Crippen LogP contribution in [-0.4, -0.2) is 27.3 Å². The highest BCUT2D eigenvalue weighted by Gasteiger charge is 2.23. The Hall–Kier alpha value is -2.75. The molecule has 0 spiro atoms. The third kappa shape index (κ3) is 4.38. The first-order valence-electron chi connectivity index (χ1n) is 8.13. The monoisotopic (exact) mass is 413 g/mol. The van der Waals surface area contributed by atoms with Crippen molar-refractivity contribution in [2.45, 2.75) is 30.5 Å². The summed E-state index contributed by atoms with van der Waals surface area (Å²) in [5, 5.41) is 1.63. The van der Waals surface area contributed by atoms with Crippen molar-refractivity contribution in [3.05, 3.63) is 48.5 Å². The highest BCUT2D eigenvalue weighted by atomic mass is 32.2. The number of carbonyl (C=O) groups is 1. The van der Waals surface area contributed by atoms with E-state index in [0.29, 0.717) is 5.52 Å². The molecule has 0 saturated carbocycles. The van der Waals surface area contributed by atoms with Gasteiger partial charge >= 0.3 is 13.2 Å². The summed E-state index contributed by atoms with van der Waals surface area (Å²) in [6.07, 6.45) is 0. The molecule has 0 fully saturated rings. The molecule has 148 valence electrons. The molecular formula is C18H15F4N3O2S. The summed E-state index contributed by atoms with van der Waals surface area (Å²) >= 11 is 0.842. The van der Waals surface area contributed by atoms with Crippen LogP contribution in [0.5, 0.6) is 5.75 Å². The van der Waals surface area contributed by atoms with Gasteiger partial charge in [-0.2, -0.15) is 17.6 Å². The van der Waals surface area contributed by atoms with E-state index < -0.39 is 24.3 Å². The molecule has 0 aliphatic carbocycles. The molecule has 3 aromatic rings. The van der Waals surface area contributed by atoms with Gasteiger partial charge in [0.15, 0.2) is 5.16 Å². The van der Waals surface area contributed by atoms with Gasteiger partial charge in [-0.15, -0.1) is 0 Å². The third-order valence-electron chi connectivity index (χ3n) is 3.77. The summed E-state index contributed by atoms with van der Waals surface area (Å²) in [5.74, 6) is -0.758. The van der Waals surface area contributed by atoms with Gasteiger partial charge in [0, 0.05) is 0 Å². The molecule has 0 bridgehead atoms. The van der Waals surface area contributed by atoms with E-state index in [1.807, 2.05) is 0 Å². The van der Waals surface area contributed by atoms with Crippen molar-refractivity contribution in [1.82, 2.24) is 9.55 Å². The van der Waals surface area contributed by atoms with Crippen LogP contribution in [-0.2, 0) is 4.79 Å². The molecule has 10 heteroatoms. The zero-order chi connectivity index (χ0) is 20.3. The lowest BCUT2D eigenvalue weighted by molar-refractivity contribution is -0.115. The number of thioether (sulfide) groups is 1. The van der Waals surface area contributed by atoms with E-state index in [2.05, 4.69) is 15.0 Å². The molecule has 1 unspecified atom stereocenters. The molecule has 1 N–H and O–H groups in total. The number of aromatic nitrogens is 2. The highest BCUT2D eigenvalue weighted by molar-refractivity contribution is 8.00. The number of rotatable bonds is 7. The number of ether oxygens (including phenoxy) is 1. The maximum absolute atomic E-state index is 13.5. The number of amides is 1. The lowest BCUT2D eigenvalue weighted by atomic mass is 10.3. The number of hydrogen-bond donors (Lipinski definition) is 1. The Labute approximate surface area is 161 Å². The van der Waals surface area contributed by atoms with E-state index in [4.69, 9.17) is 0 Å². The summed E-state index contributed by atoms with van der Waals surface area (Å²) in [5.41, 5.74) is 0.694. The molecule has 0 radical (unpaired) electrons. The molecule has 0 saturated heterocycles. The Balaban J connectivity index is 1.79. The fourth-order valence-electron chi connectivity index (χ4n) is 2.51. The number of nitrogens with zero attached hydrogens (tertiary/aromatic N) is 2. The van der Waals surface area contributed by atoms with E-state index in [9.17, 15) is 22.4 Å². The molecule has 1 heterocycles. The summed E-state index contributed by atoms with van der Waals surface area (Å²) in [6, 6.07) is 12.1. The number of carbonyl (C=O) groups excluding carboxylic acids is 1. The first kappa shape index (κ1) is 20.0. The van der Waals surface area contributed by atoms with Crippen LogP contribution in [0.3, 0.4) is 0 Å². The van der Waals surface area contributed by atoms with Gasteiger partial charge in [-0.3, -0.25) is 9.36 Å². The molecule has 0 aliphatic heterocycles. The van der Waals surface area contributed by atoms with E-state index in [0.717, 1.165) is 16.3 Å². The van der Waals surface area contributed by atoms with E-state index in [-0.39, 0.29) is 22.1 Å².